The summed E-state index contributed by atoms with van der Waals surface area (Å²) in [4.78, 5) is 23.3. The van der Waals surface area contributed by atoms with Crippen molar-refractivity contribution in [2.24, 2.45) is 0 Å². The van der Waals surface area contributed by atoms with Crippen LogP contribution in [0.3, 0.4) is 0 Å². The number of aromatic nitrogens is 2. The molecule has 0 radical (unpaired) electrons. The topological polar surface area (TPSA) is 95.1 Å². The summed E-state index contributed by atoms with van der Waals surface area (Å²) < 4.78 is 0. The van der Waals surface area contributed by atoms with Crippen molar-refractivity contribution < 1.29 is 14.7 Å². The number of carboxylic acid groups (broad SMARTS) is 1. The molecule has 1 amide bonds. The monoisotopic (exact) mass is 273 g/mol. The van der Waals surface area contributed by atoms with Gasteiger partial charge < -0.3 is 10.4 Å². The minimum absolute atomic E-state index is 0.235. The second-order valence-corrected chi connectivity index (χ2v) is 4.46. The highest BCUT2D eigenvalue weighted by Gasteiger charge is 2.22. The van der Waals surface area contributed by atoms with E-state index in [1.54, 1.807) is 6.92 Å². The lowest BCUT2D eigenvalue weighted by atomic mass is 10.1. The number of aliphatic carboxylic acids is 1. The molecule has 1 aromatic carbocycles. The molecule has 1 heterocycles. The molecular weight excluding hydrogens is 258 g/mol. The molecule has 1 aromatic heterocycles. The molecule has 0 saturated carbocycles. The van der Waals surface area contributed by atoms with Gasteiger partial charge in [-0.25, -0.2) is 4.79 Å². The van der Waals surface area contributed by atoms with Crippen LogP contribution in [0.4, 0.5) is 0 Å². The maximum Gasteiger partial charge on any atom is 0.326 e. The predicted molar refractivity (Wildman–Crippen MR) is 72.4 cm³/mol. The highest BCUT2D eigenvalue weighted by atomic mass is 16.4. The molecule has 0 spiro atoms. The number of aryl methyl sites for hydroxylation is 1. The standard InChI is InChI=1S/C14H15N3O3/c1-9-11(8-15-17-9)13(18)16-12(14(19)20)7-10-5-3-2-4-6-10/h2-6,8,12H,7H2,1H3,(H,15,17)(H,16,18)(H,19,20)/t12-/m0/s1. The van der Waals surface area contributed by atoms with Crippen molar-refractivity contribution in [1.29, 1.82) is 0 Å². The highest BCUT2D eigenvalue weighted by Crippen LogP contribution is 2.06. The number of rotatable bonds is 5. The van der Waals surface area contributed by atoms with Crippen LogP contribution in [-0.4, -0.2) is 33.2 Å². The Labute approximate surface area is 115 Å². The summed E-state index contributed by atoms with van der Waals surface area (Å²) in [5.41, 5.74) is 1.81. The molecule has 3 N–H and O–H groups in total. The van der Waals surface area contributed by atoms with Crippen molar-refractivity contribution in [3.05, 3.63) is 53.3 Å². The molecule has 6 nitrogen and oxygen atoms in total. The first-order valence-corrected chi connectivity index (χ1v) is 6.15. The molecule has 0 fully saturated rings. The van der Waals surface area contributed by atoms with Gasteiger partial charge in [0, 0.05) is 12.1 Å². The Bertz CT molecular complexity index is 607. The lowest BCUT2D eigenvalue weighted by molar-refractivity contribution is -0.139. The number of amides is 1. The summed E-state index contributed by atoms with van der Waals surface area (Å²) in [5.74, 6) is -1.51. The molecule has 6 heteroatoms. The maximum absolute atomic E-state index is 12.0. The number of H-pyrrole nitrogens is 1. The molecule has 0 aliphatic heterocycles. The number of aromatic amines is 1. The quantitative estimate of drug-likeness (QED) is 0.761. The zero-order valence-corrected chi connectivity index (χ0v) is 11.0. The van der Waals surface area contributed by atoms with E-state index in [0.717, 1.165) is 5.56 Å². The average Bonchev–Trinajstić information content (AvgIpc) is 2.85. The molecule has 0 bridgehead atoms. The molecule has 2 rings (SSSR count). The number of nitrogens with zero attached hydrogens (tertiary/aromatic N) is 1. The molecule has 20 heavy (non-hydrogen) atoms. The van der Waals surface area contributed by atoms with Gasteiger partial charge in [0.1, 0.15) is 6.04 Å². The molecule has 104 valence electrons. The fraction of sp³-hybridized carbons (Fsp3) is 0.214. The molecule has 0 unspecified atom stereocenters. The van der Waals surface area contributed by atoms with Gasteiger partial charge in [-0.2, -0.15) is 5.10 Å². The first-order chi connectivity index (χ1) is 9.58. The smallest absolute Gasteiger partial charge is 0.326 e. The van der Waals surface area contributed by atoms with Crippen LogP contribution in [-0.2, 0) is 11.2 Å². The van der Waals surface area contributed by atoms with Crippen molar-refractivity contribution in [1.82, 2.24) is 15.5 Å². The number of benzene rings is 1. The van der Waals surface area contributed by atoms with Gasteiger partial charge in [-0.3, -0.25) is 9.89 Å². The van der Waals surface area contributed by atoms with E-state index in [9.17, 15) is 14.7 Å². The minimum atomic E-state index is -1.07. The lowest BCUT2D eigenvalue weighted by Gasteiger charge is -2.14. The van der Waals surface area contributed by atoms with Gasteiger partial charge in [0.15, 0.2) is 0 Å². The molecule has 2 aromatic rings. The van der Waals surface area contributed by atoms with Gasteiger partial charge in [0.05, 0.1) is 11.8 Å². The average molecular weight is 273 g/mol. The number of carbonyl (C=O) groups is 2. The van der Waals surface area contributed by atoms with Crippen molar-refractivity contribution >= 4 is 11.9 Å². The van der Waals surface area contributed by atoms with Crippen LogP contribution in [0.25, 0.3) is 0 Å². The van der Waals surface area contributed by atoms with Gasteiger partial charge in [-0.05, 0) is 12.5 Å². The van der Waals surface area contributed by atoms with E-state index in [-0.39, 0.29) is 6.42 Å². The third kappa shape index (κ3) is 3.23. The predicted octanol–water partition coefficient (Wildman–Crippen LogP) is 1.14. The fourth-order valence-corrected chi connectivity index (χ4v) is 1.87. The SMILES string of the molecule is Cc1[nH]ncc1C(=O)N[C@@H](Cc1ccccc1)C(=O)O. The zero-order valence-electron chi connectivity index (χ0n) is 11.0. The van der Waals surface area contributed by atoms with Crippen molar-refractivity contribution in [3.63, 3.8) is 0 Å². The Morgan fingerprint density at radius 2 is 2.05 bits per heavy atom. The number of hydrogen-bond donors (Lipinski definition) is 3. The largest absolute Gasteiger partial charge is 0.480 e. The molecule has 0 aliphatic carbocycles. The third-order valence-corrected chi connectivity index (χ3v) is 2.96. The zero-order chi connectivity index (χ0) is 14.5. The maximum atomic E-state index is 12.0. The second-order valence-electron chi connectivity index (χ2n) is 4.46. The van der Waals surface area contributed by atoms with Crippen molar-refractivity contribution in [2.45, 2.75) is 19.4 Å². The van der Waals surface area contributed by atoms with E-state index < -0.39 is 17.9 Å². The van der Waals surface area contributed by atoms with Crippen LogP contribution in [0.1, 0.15) is 21.6 Å². The van der Waals surface area contributed by atoms with E-state index in [4.69, 9.17) is 0 Å². The summed E-state index contributed by atoms with van der Waals surface area (Å²) in [6.45, 7) is 1.70. The Kier molecular flexibility index (Phi) is 4.14. The van der Waals surface area contributed by atoms with E-state index in [2.05, 4.69) is 15.5 Å². The van der Waals surface area contributed by atoms with Crippen molar-refractivity contribution in [3.8, 4) is 0 Å². The second kappa shape index (κ2) is 6.01. The minimum Gasteiger partial charge on any atom is -0.480 e. The van der Waals surface area contributed by atoms with Crippen LogP contribution in [0.2, 0.25) is 0 Å². The summed E-state index contributed by atoms with van der Waals surface area (Å²) in [7, 11) is 0. The number of nitrogens with one attached hydrogen (secondary N) is 2. The van der Waals surface area contributed by atoms with E-state index >= 15 is 0 Å². The van der Waals surface area contributed by atoms with Crippen LogP contribution in [0.5, 0.6) is 0 Å². The van der Waals surface area contributed by atoms with E-state index in [1.807, 2.05) is 30.3 Å². The number of carbonyl (C=O) groups excluding carboxylic acids is 1. The Morgan fingerprint density at radius 3 is 2.60 bits per heavy atom. The number of carboxylic acids is 1. The van der Waals surface area contributed by atoms with Gasteiger partial charge in [-0.1, -0.05) is 30.3 Å². The summed E-state index contributed by atoms with van der Waals surface area (Å²) in [6.07, 6.45) is 1.62. The lowest BCUT2D eigenvalue weighted by Crippen LogP contribution is -2.42. The Hall–Kier alpha value is -2.63. The van der Waals surface area contributed by atoms with E-state index in [1.165, 1.54) is 6.20 Å². The van der Waals surface area contributed by atoms with Crippen LogP contribution in [0, 0.1) is 6.92 Å². The summed E-state index contributed by atoms with van der Waals surface area (Å²) in [5, 5.41) is 18.1. The van der Waals surface area contributed by atoms with Gasteiger partial charge in [0.2, 0.25) is 0 Å². The molecule has 0 saturated heterocycles. The summed E-state index contributed by atoms with van der Waals surface area (Å²) in [6, 6.07) is 8.19. The first kappa shape index (κ1) is 13.8. The van der Waals surface area contributed by atoms with Crippen LogP contribution in [0.15, 0.2) is 36.5 Å². The number of hydrogen-bond acceptors (Lipinski definition) is 3. The molecular formula is C14H15N3O3. The van der Waals surface area contributed by atoms with Gasteiger partial charge >= 0.3 is 5.97 Å². The fourth-order valence-electron chi connectivity index (χ4n) is 1.87. The highest BCUT2D eigenvalue weighted by molar-refractivity contribution is 5.97. The van der Waals surface area contributed by atoms with Crippen molar-refractivity contribution in [2.75, 3.05) is 0 Å². The normalized spacial score (nSPS) is 11.8. The molecule has 1 atom stereocenters. The Morgan fingerprint density at radius 1 is 1.35 bits per heavy atom. The Balaban J connectivity index is 2.09. The summed E-state index contributed by atoms with van der Waals surface area (Å²) >= 11 is 0. The first-order valence-electron chi connectivity index (χ1n) is 6.15. The van der Waals surface area contributed by atoms with E-state index in [0.29, 0.717) is 11.3 Å². The van der Waals surface area contributed by atoms with Gasteiger partial charge in [-0.15, -0.1) is 0 Å². The molecule has 0 aliphatic rings. The third-order valence-electron chi connectivity index (χ3n) is 2.96. The van der Waals surface area contributed by atoms with Crippen LogP contribution >= 0.6 is 0 Å². The van der Waals surface area contributed by atoms with Crippen LogP contribution < -0.4 is 5.32 Å². The van der Waals surface area contributed by atoms with Gasteiger partial charge in [0.25, 0.3) is 5.91 Å².